The summed E-state index contributed by atoms with van der Waals surface area (Å²) in [6.45, 7) is 2.36. The van der Waals surface area contributed by atoms with E-state index in [1.807, 2.05) is 55.5 Å². The minimum absolute atomic E-state index is 0.155. The molecule has 4 heteroatoms. The molecular formula is C17H16N2O2. The minimum Gasteiger partial charge on any atom is -0.293 e. The van der Waals surface area contributed by atoms with Crippen LogP contribution in [0, 0.1) is 6.92 Å². The minimum atomic E-state index is -0.289. The number of carbonyl (C=O) groups excluding carboxylic acids is 2. The Morgan fingerprint density at radius 2 is 1.62 bits per heavy atom. The molecule has 21 heavy (non-hydrogen) atoms. The third kappa shape index (κ3) is 2.52. The summed E-state index contributed by atoms with van der Waals surface area (Å²) < 4.78 is 0. The van der Waals surface area contributed by atoms with Gasteiger partial charge in [0.1, 0.15) is 0 Å². The van der Waals surface area contributed by atoms with Gasteiger partial charge in [-0.3, -0.25) is 9.69 Å². The second kappa shape index (κ2) is 5.40. The van der Waals surface area contributed by atoms with E-state index >= 15 is 0 Å². The van der Waals surface area contributed by atoms with Crippen LogP contribution in [-0.4, -0.2) is 18.5 Å². The maximum absolute atomic E-state index is 12.7. The van der Waals surface area contributed by atoms with Crippen LogP contribution in [0.1, 0.15) is 12.0 Å². The largest absolute Gasteiger partial charge is 0.335 e. The molecule has 0 radical (unpaired) electrons. The number of aryl methyl sites for hydroxylation is 1. The van der Waals surface area contributed by atoms with E-state index in [1.165, 1.54) is 4.90 Å². The maximum Gasteiger partial charge on any atom is 0.335 e. The third-order valence-electron chi connectivity index (χ3n) is 3.55. The molecule has 1 aliphatic heterocycles. The van der Waals surface area contributed by atoms with Crippen LogP contribution in [-0.2, 0) is 4.79 Å². The lowest BCUT2D eigenvalue weighted by molar-refractivity contribution is -0.118. The Balaban J connectivity index is 1.96. The van der Waals surface area contributed by atoms with Crippen LogP contribution in [0.2, 0.25) is 0 Å². The number of nitrogens with zero attached hydrogens (tertiary/aromatic N) is 2. The van der Waals surface area contributed by atoms with Gasteiger partial charge in [0.25, 0.3) is 0 Å². The lowest BCUT2D eigenvalue weighted by Gasteiger charge is -2.34. The molecule has 1 heterocycles. The van der Waals surface area contributed by atoms with Gasteiger partial charge >= 0.3 is 6.03 Å². The van der Waals surface area contributed by atoms with Gasteiger partial charge in [-0.1, -0.05) is 30.3 Å². The molecule has 0 bridgehead atoms. The highest BCUT2D eigenvalue weighted by atomic mass is 16.2. The van der Waals surface area contributed by atoms with Crippen molar-refractivity contribution in [3.63, 3.8) is 0 Å². The molecule has 0 unspecified atom stereocenters. The Bertz CT molecular complexity index is 682. The van der Waals surface area contributed by atoms with Crippen molar-refractivity contribution < 1.29 is 9.59 Å². The summed E-state index contributed by atoms with van der Waals surface area (Å²) in [6.07, 6.45) is 0.328. The Kier molecular flexibility index (Phi) is 3.44. The molecule has 1 fully saturated rings. The lowest BCUT2D eigenvalue weighted by atomic mass is 10.1. The molecule has 0 aliphatic carbocycles. The van der Waals surface area contributed by atoms with E-state index in [0.717, 1.165) is 11.3 Å². The van der Waals surface area contributed by atoms with Crippen LogP contribution < -0.4 is 9.80 Å². The highest BCUT2D eigenvalue weighted by Gasteiger charge is 2.33. The van der Waals surface area contributed by atoms with Gasteiger partial charge in [0, 0.05) is 18.7 Å². The third-order valence-corrected chi connectivity index (χ3v) is 3.55. The first-order valence-electron chi connectivity index (χ1n) is 6.93. The van der Waals surface area contributed by atoms with E-state index in [-0.39, 0.29) is 11.9 Å². The van der Waals surface area contributed by atoms with Crippen molar-refractivity contribution in [1.29, 1.82) is 0 Å². The summed E-state index contributed by atoms with van der Waals surface area (Å²) in [7, 11) is 0. The Labute approximate surface area is 123 Å². The molecule has 1 saturated heterocycles. The van der Waals surface area contributed by atoms with Gasteiger partial charge < -0.3 is 0 Å². The number of urea groups is 1. The second-order valence-corrected chi connectivity index (χ2v) is 5.09. The standard InChI is InChI=1S/C17H16N2O2/c1-13-6-5-9-15(12-13)19-16(20)10-11-18(17(19)21)14-7-3-2-4-8-14/h2-9,12H,10-11H2,1H3. The number of benzene rings is 2. The van der Waals surface area contributed by atoms with E-state index in [1.54, 1.807) is 11.0 Å². The van der Waals surface area contributed by atoms with Crippen molar-refractivity contribution in [1.82, 2.24) is 0 Å². The molecule has 0 aromatic heterocycles. The number of anilines is 2. The molecule has 106 valence electrons. The number of imide groups is 1. The van der Waals surface area contributed by atoms with Crippen LogP contribution >= 0.6 is 0 Å². The molecule has 0 atom stereocenters. The average Bonchev–Trinajstić information content (AvgIpc) is 2.48. The number of para-hydroxylation sites is 1. The number of rotatable bonds is 2. The van der Waals surface area contributed by atoms with Gasteiger partial charge in [0.15, 0.2) is 0 Å². The number of amides is 3. The fourth-order valence-corrected chi connectivity index (χ4v) is 2.51. The lowest BCUT2D eigenvalue weighted by Crippen LogP contribution is -2.52. The SMILES string of the molecule is Cc1cccc(N2C(=O)CCN(c3ccccc3)C2=O)c1. The molecule has 1 aliphatic rings. The van der Waals surface area contributed by atoms with E-state index in [2.05, 4.69) is 0 Å². The highest BCUT2D eigenvalue weighted by molar-refractivity contribution is 6.21. The van der Waals surface area contributed by atoms with Crippen LogP contribution in [0.3, 0.4) is 0 Å². The van der Waals surface area contributed by atoms with Gasteiger partial charge in [0.2, 0.25) is 5.91 Å². The Hall–Kier alpha value is -2.62. The summed E-state index contributed by atoms with van der Waals surface area (Å²) in [5.41, 5.74) is 2.46. The summed E-state index contributed by atoms with van der Waals surface area (Å²) in [4.78, 5) is 27.8. The number of hydrogen-bond donors (Lipinski definition) is 0. The normalized spacial score (nSPS) is 15.5. The first-order valence-corrected chi connectivity index (χ1v) is 6.93. The van der Waals surface area contributed by atoms with Crippen LogP contribution in [0.15, 0.2) is 54.6 Å². The first-order chi connectivity index (χ1) is 10.2. The van der Waals surface area contributed by atoms with Crippen molar-refractivity contribution in [2.75, 3.05) is 16.3 Å². The van der Waals surface area contributed by atoms with Crippen LogP contribution in [0.25, 0.3) is 0 Å². The van der Waals surface area contributed by atoms with Gasteiger partial charge in [-0.15, -0.1) is 0 Å². The summed E-state index contributed by atoms with van der Waals surface area (Å²) in [6, 6.07) is 16.6. The van der Waals surface area contributed by atoms with E-state index in [4.69, 9.17) is 0 Å². The first kappa shape index (κ1) is 13.4. The maximum atomic E-state index is 12.7. The van der Waals surface area contributed by atoms with E-state index in [9.17, 15) is 9.59 Å². The van der Waals surface area contributed by atoms with Crippen molar-refractivity contribution in [2.45, 2.75) is 13.3 Å². The zero-order valence-corrected chi connectivity index (χ0v) is 11.8. The number of carbonyl (C=O) groups is 2. The van der Waals surface area contributed by atoms with E-state index in [0.29, 0.717) is 18.7 Å². The monoisotopic (exact) mass is 280 g/mol. The van der Waals surface area contributed by atoms with Crippen molar-refractivity contribution in [3.05, 3.63) is 60.2 Å². The molecule has 4 nitrogen and oxygen atoms in total. The Morgan fingerprint density at radius 1 is 0.905 bits per heavy atom. The molecule has 0 N–H and O–H groups in total. The molecule has 0 spiro atoms. The Morgan fingerprint density at radius 3 is 2.33 bits per heavy atom. The highest BCUT2D eigenvalue weighted by Crippen LogP contribution is 2.25. The predicted molar refractivity (Wildman–Crippen MR) is 82.5 cm³/mol. The summed E-state index contributed by atoms with van der Waals surface area (Å²) in [5.74, 6) is -0.155. The average molecular weight is 280 g/mol. The van der Waals surface area contributed by atoms with Crippen molar-refractivity contribution in [3.8, 4) is 0 Å². The molecule has 3 rings (SSSR count). The molecule has 2 aromatic carbocycles. The van der Waals surface area contributed by atoms with Gasteiger partial charge in [-0.2, -0.15) is 0 Å². The summed E-state index contributed by atoms with van der Waals surface area (Å²) >= 11 is 0. The van der Waals surface area contributed by atoms with Gasteiger partial charge in [-0.05, 0) is 36.8 Å². The van der Waals surface area contributed by atoms with Crippen LogP contribution in [0.5, 0.6) is 0 Å². The topological polar surface area (TPSA) is 40.6 Å². The van der Waals surface area contributed by atoms with Crippen molar-refractivity contribution >= 4 is 23.3 Å². The molecule has 2 aromatic rings. The van der Waals surface area contributed by atoms with Gasteiger partial charge in [0.05, 0.1) is 5.69 Å². The fraction of sp³-hybridized carbons (Fsp3) is 0.176. The zero-order valence-electron chi connectivity index (χ0n) is 11.8. The fourth-order valence-electron chi connectivity index (χ4n) is 2.51. The molecule has 0 saturated carbocycles. The molecular weight excluding hydrogens is 264 g/mol. The number of hydrogen-bond acceptors (Lipinski definition) is 2. The summed E-state index contributed by atoms with van der Waals surface area (Å²) in [5, 5.41) is 0. The van der Waals surface area contributed by atoms with Gasteiger partial charge in [-0.25, -0.2) is 9.69 Å². The zero-order chi connectivity index (χ0) is 14.8. The molecule has 3 amide bonds. The predicted octanol–water partition coefficient (Wildman–Crippen LogP) is 3.36. The second-order valence-electron chi connectivity index (χ2n) is 5.09. The van der Waals surface area contributed by atoms with E-state index < -0.39 is 0 Å². The smallest absolute Gasteiger partial charge is 0.293 e. The quantitative estimate of drug-likeness (QED) is 0.846. The van der Waals surface area contributed by atoms with Crippen LogP contribution in [0.4, 0.5) is 16.2 Å². The van der Waals surface area contributed by atoms with Crippen molar-refractivity contribution in [2.24, 2.45) is 0 Å².